The van der Waals surface area contributed by atoms with E-state index < -0.39 is 5.91 Å². The second-order valence-corrected chi connectivity index (χ2v) is 3.70. The Morgan fingerprint density at radius 2 is 2.13 bits per heavy atom. The number of hydrogen-bond acceptors (Lipinski definition) is 2. The van der Waals surface area contributed by atoms with Crippen LogP contribution in [0.15, 0.2) is 12.1 Å². The van der Waals surface area contributed by atoms with Crippen LogP contribution < -0.4 is 5.73 Å². The van der Waals surface area contributed by atoms with Gasteiger partial charge in [-0.25, -0.2) is 0 Å². The highest BCUT2D eigenvalue weighted by Crippen LogP contribution is 2.28. The first-order chi connectivity index (χ1) is 7.07. The number of nitrogens with two attached hydrogens (primary N) is 1. The van der Waals surface area contributed by atoms with Crippen LogP contribution >= 0.6 is 23.2 Å². The molecule has 0 aromatic heterocycles. The maximum atomic E-state index is 11.2. The summed E-state index contributed by atoms with van der Waals surface area (Å²) in [5.74, 6) is -0.629. The van der Waals surface area contributed by atoms with Gasteiger partial charge < -0.3 is 5.73 Å². The molecule has 1 aromatic rings. The Labute approximate surface area is 97.4 Å². The number of halogens is 2. The lowest BCUT2D eigenvalue weighted by atomic mass is 10.0. The summed E-state index contributed by atoms with van der Waals surface area (Å²) in [7, 11) is 0. The summed E-state index contributed by atoms with van der Waals surface area (Å²) in [6, 6.07) is 5.23. The average Bonchev–Trinajstić information content (AvgIpc) is 2.19. The number of benzene rings is 1. The van der Waals surface area contributed by atoms with Gasteiger partial charge in [0.05, 0.1) is 21.7 Å². The monoisotopic (exact) mass is 242 g/mol. The molecule has 0 saturated carbocycles. The van der Waals surface area contributed by atoms with E-state index in [-0.39, 0.29) is 15.6 Å². The van der Waals surface area contributed by atoms with Gasteiger partial charge in [0.25, 0.3) is 5.91 Å². The second kappa shape index (κ2) is 5.01. The zero-order valence-corrected chi connectivity index (χ0v) is 9.27. The number of primary amides is 1. The molecule has 78 valence electrons. The van der Waals surface area contributed by atoms with Gasteiger partial charge in [-0.3, -0.25) is 4.79 Å². The SMILES string of the molecule is N#CCCc1ccc(Cl)c(Cl)c1C(N)=O. The lowest BCUT2D eigenvalue weighted by Crippen LogP contribution is -2.14. The zero-order valence-electron chi connectivity index (χ0n) is 7.76. The standard InChI is InChI=1S/C10H8Cl2N2O/c11-7-4-3-6(2-1-5-13)8(9(7)12)10(14)15/h3-4H,1-2H2,(H2,14,15). The molecule has 3 nitrogen and oxygen atoms in total. The minimum atomic E-state index is -0.629. The maximum absolute atomic E-state index is 11.2. The molecule has 0 atom stereocenters. The number of carbonyl (C=O) groups is 1. The van der Waals surface area contributed by atoms with Crippen LogP contribution in [0.5, 0.6) is 0 Å². The molecule has 0 unspecified atom stereocenters. The average molecular weight is 243 g/mol. The van der Waals surface area contributed by atoms with Gasteiger partial charge in [-0.2, -0.15) is 5.26 Å². The molecule has 5 heteroatoms. The summed E-state index contributed by atoms with van der Waals surface area (Å²) in [5, 5.41) is 8.89. The van der Waals surface area contributed by atoms with Crippen LogP contribution in [0.25, 0.3) is 0 Å². The molecule has 0 aliphatic carbocycles. The van der Waals surface area contributed by atoms with E-state index in [1.54, 1.807) is 12.1 Å². The number of hydrogen-bond donors (Lipinski definition) is 1. The topological polar surface area (TPSA) is 66.9 Å². The van der Waals surface area contributed by atoms with Crippen LogP contribution in [0.4, 0.5) is 0 Å². The van der Waals surface area contributed by atoms with Crippen molar-refractivity contribution in [2.45, 2.75) is 12.8 Å². The van der Waals surface area contributed by atoms with E-state index >= 15 is 0 Å². The third-order valence-electron chi connectivity index (χ3n) is 1.93. The molecule has 0 aliphatic heterocycles. The molecular weight excluding hydrogens is 235 g/mol. The van der Waals surface area contributed by atoms with E-state index in [2.05, 4.69) is 0 Å². The van der Waals surface area contributed by atoms with Crippen molar-refractivity contribution >= 4 is 29.1 Å². The van der Waals surface area contributed by atoms with E-state index in [1.807, 2.05) is 6.07 Å². The predicted molar refractivity (Wildman–Crippen MR) is 58.9 cm³/mol. The van der Waals surface area contributed by atoms with Crippen molar-refractivity contribution in [2.75, 3.05) is 0 Å². The number of aryl methyl sites for hydroxylation is 1. The highest BCUT2D eigenvalue weighted by Gasteiger charge is 2.15. The molecule has 0 spiro atoms. The lowest BCUT2D eigenvalue weighted by Gasteiger charge is -2.08. The van der Waals surface area contributed by atoms with Gasteiger partial charge >= 0.3 is 0 Å². The molecule has 0 saturated heterocycles. The summed E-state index contributed by atoms with van der Waals surface area (Å²) < 4.78 is 0. The first-order valence-electron chi connectivity index (χ1n) is 4.21. The summed E-state index contributed by atoms with van der Waals surface area (Å²) in [5.41, 5.74) is 6.05. The van der Waals surface area contributed by atoms with Crippen molar-refractivity contribution in [1.29, 1.82) is 5.26 Å². The fourth-order valence-corrected chi connectivity index (χ4v) is 1.69. The summed E-state index contributed by atoms with van der Waals surface area (Å²) >= 11 is 11.6. The molecule has 1 rings (SSSR count). The first-order valence-corrected chi connectivity index (χ1v) is 4.97. The van der Waals surface area contributed by atoms with Crippen molar-refractivity contribution in [1.82, 2.24) is 0 Å². The predicted octanol–water partition coefficient (Wildman–Crippen LogP) is 2.55. The van der Waals surface area contributed by atoms with E-state index in [4.69, 9.17) is 34.2 Å². The van der Waals surface area contributed by atoms with Crippen LogP contribution in [0.2, 0.25) is 10.0 Å². The third kappa shape index (κ3) is 2.62. The number of rotatable bonds is 3. The Morgan fingerprint density at radius 3 is 2.67 bits per heavy atom. The molecule has 0 radical (unpaired) electrons. The number of nitrogens with zero attached hydrogens (tertiary/aromatic N) is 1. The van der Waals surface area contributed by atoms with E-state index in [0.29, 0.717) is 18.4 Å². The molecule has 1 aromatic carbocycles. The number of carbonyl (C=O) groups excluding carboxylic acids is 1. The van der Waals surface area contributed by atoms with E-state index in [1.165, 1.54) is 0 Å². The molecule has 0 fully saturated rings. The Morgan fingerprint density at radius 1 is 1.47 bits per heavy atom. The van der Waals surface area contributed by atoms with Gasteiger partial charge in [-0.05, 0) is 18.1 Å². The number of amides is 1. The molecular formula is C10H8Cl2N2O. The Hall–Kier alpha value is -1.24. The van der Waals surface area contributed by atoms with Crippen molar-refractivity contribution < 1.29 is 4.79 Å². The third-order valence-corrected chi connectivity index (χ3v) is 2.74. The van der Waals surface area contributed by atoms with Crippen LogP contribution in [0, 0.1) is 11.3 Å². The van der Waals surface area contributed by atoms with Crippen molar-refractivity contribution in [3.8, 4) is 6.07 Å². The highest BCUT2D eigenvalue weighted by molar-refractivity contribution is 6.44. The Bertz CT molecular complexity index is 438. The lowest BCUT2D eigenvalue weighted by molar-refractivity contribution is 0.0999. The fraction of sp³-hybridized carbons (Fsp3) is 0.200. The van der Waals surface area contributed by atoms with E-state index in [9.17, 15) is 4.79 Å². The zero-order chi connectivity index (χ0) is 11.4. The maximum Gasteiger partial charge on any atom is 0.250 e. The largest absolute Gasteiger partial charge is 0.366 e. The Kier molecular flexibility index (Phi) is 3.96. The van der Waals surface area contributed by atoms with Crippen molar-refractivity contribution in [2.24, 2.45) is 5.73 Å². The second-order valence-electron chi connectivity index (χ2n) is 2.92. The smallest absolute Gasteiger partial charge is 0.250 e. The van der Waals surface area contributed by atoms with Gasteiger partial charge in [0.2, 0.25) is 0 Å². The van der Waals surface area contributed by atoms with Gasteiger partial charge in [0.1, 0.15) is 0 Å². The van der Waals surface area contributed by atoms with E-state index in [0.717, 1.165) is 0 Å². The van der Waals surface area contributed by atoms with Crippen molar-refractivity contribution in [3.05, 3.63) is 33.3 Å². The molecule has 15 heavy (non-hydrogen) atoms. The molecule has 0 heterocycles. The molecule has 2 N–H and O–H groups in total. The Balaban J connectivity index is 3.22. The van der Waals surface area contributed by atoms with Crippen LogP contribution in [0.1, 0.15) is 22.3 Å². The van der Waals surface area contributed by atoms with Crippen molar-refractivity contribution in [3.63, 3.8) is 0 Å². The van der Waals surface area contributed by atoms with Crippen LogP contribution in [0.3, 0.4) is 0 Å². The summed E-state index contributed by atoms with van der Waals surface area (Å²) in [6.45, 7) is 0. The van der Waals surface area contributed by atoms with Crippen LogP contribution in [-0.4, -0.2) is 5.91 Å². The minimum Gasteiger partial charge on any atom is -0.366 e. The van der Waals surface area contributed by atoms with Gasteiger partial charge in [-0.15, -0.1) is 0 Å². The quantitative estimate of drug-likeness (QED) is 0.886. The molecule has 0 aliphatic rings. The normalized spacial score (nSPS) is 9.67. The molecule has 1 amide bonds. The van der Waals surface area contributed by atoms with Gasteiger partial charge in [0, 0.05) is 6.42 Å². The highest BCUT2D eigenvalue weighted by atomic mass is 35.5. The van der Waals surface area contributed by atoms with Gasteiger partial charge in [-0.1, -0.05) is 29.3 Å². The van der Waals surface area contributed by atoms with Gasteiger partial charge in [0.15, 0.2) is 0 Å². The molecule has 0 bridgehead atoms. The van der Waals surface area contributed by atoms with Crippen LogP contribution in [-0.2, 0) is 6.42 Å². The summed E-state index contributed by atoms with van der Waals surface area (Å²) in [4.78, 5) is 11.2. The summed E-state index contributed by atoms with van der Waals surface area (Å²) in [6.07, 6.45) is 0.740. The minimum absolute atomic E-state index is 0.152. The first kappa shape index (κ1) is 11.8. The fourth-order valence-electron chi connectivity index (χ4n) is 1.26. The number of nitriles is 1.